The van der Waals surface area contributed by atoms with Crippen LogP contribution in [-0.2, 0) is 22.4 Å². The summed E-state index contributed by atoms with van der Waals surface area (Å²) in [4.78, 5) is 35.5. The van der Waals surface area contributed by atoms with Gasteiger partial charge in [0.2, 0.25) is 0 Å². The Morgan fingerprint density at radius 1 is 1.30 bits per heavy atom. The molecule has 0 aliphatic carbocycles. The van der Waals surface area contributed by atoms with Gasteiger partial charge in [-0.3, -0.25) is 4.79 Å². The summed E-state index contributed by atoms with van der Waals surface area (Å²) in [5.41, 5.74) is 1.15. The first-order valence-corrected chi connectivity index (χ1v) is 10.1. The minimum Gasteiger partial charge on any atom is -0.487 e. The highest BCUT2D eigenvalue weighted by Gasteiger charge is 2.31. The molecule has 30 heavy (non-hydrogen) atoms. The van der Waals surface area contributed by atoms with Crippen LogP contribution in [-0.4, -0.2) is 35.2 Å². The van der Waals surface area contributed by atoms with E-state index >= 15 is 0 Å². The Morgan fingerprint density at radius 2 is 2.03 bits per heavy atom. The van der Waals surface area contributed by atoms with Crippen molar-refractivity contribution in [2.24, 2.45) is 0 Å². The molecule has 1 aliphatic heterocycles. The van der Waals surface area contributed by atoms with E-state index in [1.54, 1.807) is 13.0 Å². The van der Waals surface area contributed by atoms with Crippen molar-refractivity contribution in [2.45, 2.75) is 65.0 Å². The van der Waals surface area contributed by atoms with Gasteiger partial charge in [-0.2, -0.15) is 0 Å². The number of amides is 1. The molecule has 0 bridgehead atoms. The van der Waals surface area contributed by atoms with Crippen LogP contribution < -0.4 is 20.4 Å². The van der Waals surface area contributed by atoms with Crippen LogP contribution in [0.5, 0.6) is 11.5 Å². The molecule has 0 saturated heterocycles. The van der Waals surface area contributed by atoms with Gasteiger partial charge in [0, 0.05) is 17.7 Å². The SMILES string of the molecule is CCc1cc(=O)oc2c3c(cc(OCC(=O)N[C@H](CC)C(=O)O)c12)OC(C)(C)CC3. The molecule has 1 amide bonds. The van der Waals surface area contributed by atoms with E-state index in [0.29, 0.717) is 35.3 Å². The van der Waals surface area contributed by atoms with Crippen molar-refractivity contribution < 1.29 is 28.6 Å². The van der Waals surface area contributed by atoms with Crippen molar-refractivity contribution in [2.75, 3.05) is 6.61 Å². The molecule has 1 aromatic carbocycles. The number of rotatable bonds is 7. The lowest BCUT2D eigenvalue weighted by Crippen LogP contribution is -2.42. The number of benzene rings is 1. The van der Waals surface area contributed by atoms with E-state index in [-0.39, 0.29) is 18.6 Å². The molecule has 0 spiro atoms. The number of carboxylic acid groups (broad SMARTS) is 1. The first kappa shape index (κ1) is 21.7. The van der Waals surface area contributed by atoms with Crippen LogP contribution in [0.4, 0.5) is 0 Å². The van der Waals surface area contributed by atoms with E-state index in [1.165, 1.54) is 6.07 Å². The molecule has 0 unspecified atom stereocenters. The van der Waals surface area contributed by atoms with Crippen LogP contribution in [0, 0.1) is 0 Å². The summed E-state index contributed by atoms with van der Waals surface area (Å²) < 4.78 is 17.4. The Bertz CT molecular complexity index is 1040. The number of carboxylic acids is 1. The standard InChI is InChI=1S/C22H27NO7/c1-5-12-9-18(25)29-20-13-7-8-22(3,4)30-15(13)10-16(19(12)20)28-11-17(24)23-14(6-2)21(26)27/h9-10,14H,5-8,11H2,1-4H3,(H,23,24)(H,26,27)/t14-/m1/s1. The van der Waals surface area contributed by atoms with Crippen molar-refractivity contribution in [1.82, 2.24) is 5.32 Å². The average molecular weight is 417 g/mol. The van der Waals surface area contributed by atoms with E-state index in [1.807, 2.05) is 20.8 Å². The molecule has 1 aromatic heterocycles. The van der Waals surface area contributed by atoms with Gasteiger partial charge >= 0.3 is 11.6 Å². The van der Waals surface area contributed by atoms with Gasteiger partial charge in [0.05, 0.1) is 5.39 Å². The van der Waals surface area contributed by atoms with Crippen molar-refractivity contribution in [1.29, 1.82) is 0 Å². The fourth-order valence-corrected chi connectivity index (χ4v) is 3.63. The molecule has 0 radical (unpaired) electrons. The number of ether oxygens (including phenoxy) is 2. The van der Waals surface area contributed by atoms with Crippen molar-refractivity contribution in [3.05, 3.63) is 33.7 Å². The first-order chi connectivity index (χ1) is 14.1. The Morgan fingerprint density at radius 3 is 2.67 bits per heavy atom. The van der Waals surface area contributed by atoms with Crippen molar-refractivity contribution >= 4 is 22.8 Å². The molecule has 2 N–H and O–H groups in total. The molecule has 0 saturated carbocycles. The summed E-state index contributed by atoms with van der Waals surface area (Å²) in [6.07, 6.45) is 2.29. The van der Waals surface area contributed by atoms with E-state index in [4.69, 9.17) is 19.0 Å². The number of hydrogen-bond acceptors (Lipinski definition) is 6. The van der Waals surface area contributed by atoms with E-state index < -0.39 is 23.5 Å². The lowest BCUT2D eigenvalue weighted by atomic mass is 9.92. The van der Waals surface area contributed by atoms with Gasteiger partial charge in [0.1, 0.15) is 28.7 Å². The number of carbonyl (C=O) groups is 2. The van der Waals surface area contributed by atoms with Gasteiger partial charge in [0.15, 0.2) is 6.61 Å². The van der Waals surface area contributed by atoms with Crippen LogP contribution in [0.1, 0.15) is 51.7 Å². The molecule has 0 fully saturated rings. The molecule has 2 aromatic rings. The maximum atomic E-state index is 12.2. The largest absolute Gasteiger partial charge is 0.487 e. The number of carbonyl (C=O) groups excluding carboxylic acids is 1. The minimum absolute atomic E-state index is 0.261. The van der Waals surface area contributed by atoms with Gasteiger partial charge in [-0.25, -0.2) is 9.59 Å². The number of fused-ring (bicyclic) bond motifs is 3. The highest BCUT2D eigenvalue weighted by molar-refractivity contribution is 5.92. The molecule has 162 valence electrons. The first-order valence-electron chi connectivity index (χ1n) is 10.1. The predicted molar refractivity (Wildman–Crippen MR) is 110 cm³/mol. The number of hydrogen-bond donors (Lipinski definition) is 2. The second-order valence-corrected chi connectivity index (χ2v) is 8.02. The third-order valence-corrected chi connectivity index (χ3v) is 5.27. The molecule has 8 nitrogen and oxygen atoms in total. The lowest BCUT2D eigenvalue weighted by molar-refractivity contribution is -0.142. The van der Waals surface area contributed by atoms with E-state index in [9.17, 15) is 14.4 Å². The van der Waals surface area contributed by atoms with Crippen molar-refractivity contribution in [3.63, 3.8) is 0 Å². The van der Waals surface area contributed by atoms with Gasteiger partial charge in [-0.05, 0) is 45.1 Å². The summed E-state index contributed by atoms with van der Waals surface area (Å²) in [5.74, 6) is -0.731. The van der Waals surface area contributed by atoms with Crippen molar-refractivity contribution in [3.8, 4) is 11.5 Å². The van der Waals surface area contributed by atoms with E-state index in [2.05, 4.69) is 5.32 Å². The quantitative estimate of drug-likeness (QED) is 0.666. The van der Waals surface area contributed by atoms with Gasteiger partial charge < -0.3 is 24.3 Å². The fourth-order valence-electron chi connectivity index (χ4n) is 3.63. The van der Waals surface area contributed by atoms with Crippen LogP contribution >= 0.6 is 0 Å². The number of aryl methyl sites for hydroxylation is 2. The highest BCUT2D eigenvalue weighted by atomic mass is 16.5. The molecular weight excluding hydrogens is 390 g/mol. The topological polar surface area (TPSA) is 115 Å². The fraction of sp³-hybridized carbons (Fsp3) is 0.500. The zero-order valence-corrected chi connectivity index (χ0v) is 17.7. The van der Waals surface area contributed by atoms with Crippen LogP contribution in [0.2, 0.25) is 0 Å². The van der Waals surface area contributed by atoms with Crippen LogP contribution in [0.3, 0.4) is 0 Å². The Kier molecular flexibility index (Phi) is 6.05. The summed E-state index contributed by atoms with van der Waals surface area (Å²) in [5, 5.41) is 12.2. The normalized spacial score (nSPS) is 15.7. The smallest absolute Gasteiger partial charge is 0.336 e. The second kappa shape index (κ2) is 8.38. The van der Waals surface area contributed by atoms with Gasteiger partial charge in [-0.15, -0.1) is 0 Å². The minimum atomic E-state index is -1.10. The monoisotopic (exact) mass is 417 g/mol. The average Bonchev–Trinajstić information content (AvgIpc) is 2.68. The summed E-state index contributed by atoms with van der Waals surface area (Å²) in [7, 11) is 0. The molecular formula is C22H27NO7. The second-order valence-electron chi connectivity index (χ2n) is 8.02. The molecule has 2 heterocycles. The van der Waals surface area contributed by atoms with Gasteiger partial charge in [-0.1, -0.05) is 13.8 Å². The third-order valence-electron chi connectivity index (χ3n) is 5.27. The predicted octanol–water partition coefficient (Wildman–Crippen LogP) is 2.82. The Hall–Kier alpha value is -3.03. The lowest BCUT2D eigenvalue weighted by Gasteiger charge is -2.33. The molecule has 1 aliphatic rings. The molecule has 1 atom stereocenters. The van der Waals surface area contributed by atoms with Crippen LogP contribution in [0.25, 0.3) is 11.0 Å². The maximum Gasteiger partial charge on any atom is 0.336 e. The maximum absolute atomic E-state index is 12.2. The summed E-state index contributed by atoms with van der Waals surface area (Å²) in [6, 6.07) is 2.17. The number of nitrogens with one attached hydrogen (secondary N) is 1. The van der Waals surface area contributed by atoms with E-state index in [0.717, 1.165) is 17.5 Å². The third kappa shape index (κ3) is 4.42. The zero-order chi connectivity index (χ0) is 22.1. The molecule has 8 heteroatoms. The molecule has 3 rings (SSSR count). The number of aliphatic carboxylic acids is 1. The summed E-state index contributed by atoms with van der Waals surface area (Å²) in [6.45, 7) is 7.17. The highest BCUT2D eigenvalue weighted by Crippen LogP contribution is 2.42. The Balaban J connectivity index is 2.00. The Labute approximate surface area is 174 Å². The summed E-state index contributed by atoms with van der Waals surface area (Å²) >= 11 is 0. The van der Waals surface area contributed by atoms with Gasteiger partial charge in [0.25, 0.3) is 5.91 Å². The van der Waals surface area contributed by atoms with Crippen LogP contribution in [0.15, 0.2) is 21.3 Å². The zero-order valence-electron chi connectivity index (χ0n) is 17.7.